The highest BCUT2D eigenvalue weighted by molar-refractivity contribution is 5.71. The molecule has 0 aromatic carbocycles. The number of carbonyl (C=O) groups is 1. The molecule has 1 aliphatic rings. The lowest BCUT2D eigenvalue weighted by Gasteiger charge is -2.30. The number of nitrogens with two attached hydrogens (primary N) is 1. The molecule has 2 atom stereocenters. The van der Waals surface area contributed by atoms with Crippen LogP contribution in [0.25, 0.3) is 0 Å². The molecule has 14 heavy (non-hydrogen) atoms. The fourth-order valence-corrected chi connectivity index (χ4v) is 1.97. The number of amides is 2. The fraction of sp³-hybridized carbons (Fsp3) is 0.900. The van der Waals surface area contributed by atoms with Crippen molar-refractivity contribution in [2.45, 2.75) is 32.2 Å². The Labute approximate surface area is 85.8 Å². The largest absolute Gasteiger partial charge is 0.351 e. The van der Waals surface area contributed by atoms with E-state index in [0.29, 0.717) is 5.92 Å². The zero-order valence-corrected chi connectivity index (χ0v) is 9.12. The molecule has 2 unspecified atom stereocenters. The van der Waals surface area contributed by atoms with Gasteiger partial charge in [-0.15, -0.1) is 0 Å². The van der Waals surface area contributed by atoms with Gasteiger partial charge in [-0.1, -0.05) is 6.42 Å². The van der Waals surface area contributed by atoms with Gasteiger partial charge in [-0.25, -0.2) is 4.79 Å². The fourth-order valence-electron chi connectivity index (χ4n) is 1.97. The maximum Gasteiger partial charge on any atom is 0.314 e. The molecule has 1 heterocycles. The van der Waals surface area contributed by atoms with Gasteiger partial charge in [0.15, 0.2) is 0 Å². The SMILES string of the molecule is CC(C1CCCCNC1)N(C)C(N)=O. The first-order valence-corrected chi connectivity index (χ1v) is 5.36. The van der Waals surface area contributed by atoms with Gasteiger partial charge in [-0.05, 0) is 38.8 Å². The van der Waals surface area contributed by atoms with E-state index in [9.17, 15) is 4.79 Å². The molecule has 0 bridgehead atoms. The summed E-state index contributed by atoms with van der Waals surface area (Å²) < 4.78 is 0. The van der Waals surface area contributed by atoms with E-state index in [1.165, 1.54) is 19.3 Å². The number of nitrogens with one attached hydrogen (secondary N) is 1. The van der Waals surface area contributed by atoms with E-state index in [2.05, 4.69) is 12.2 Å². The van der Waals surface area contributed by atoms with Gasteiger partial charge in [0.05, 0.1) is 0 Å². The minimum absolute atomic E-state index is 0.234. The summed E-state index contributed by atoms with van der Waals surface area (Å²) in [5.74, 6) is 0.537. The van der Waals surface area contributed by atoms with E-state index in [4.69, 9.17) is 5.73 Å². The van der Waals surface area contributed by atoms with Crippen LogP contribution in [0.3, 0.4) is 0 Å². The Hall–Kier alpha value is -0.770. The lowest BCUT2D eigenvalue weighted by molar-refractivity contribution is 0.178. The second-order valence-corrected chi connectivity index (χ2v) is 4.15. The van der Waals surface area contributed by atoms with Crippen LogP contribution >= 0.6 is 0 Å². The molecule has 0 saturated carbocycles. The summed E-state index contributed by atoms with van der Waals surface area (Å²) in [5.41, 5.74) is 5.25. The summed E-state index contributed by atoms with van der Waals surface area (Å²) >= 11 is 0. The summed E-state index contributed by atoms with van der Waals surface area (Å²) in [6.45, 7) is 4.17. The molecule has 1 saturated heterocycles. The van der Waals surface area contributed by atoms with Crippen molar-refractivity contribution in [2.75, 3.05) is 20.1 Å². The molecule has 4 heteroatoms. The third kappa shape index (κ3) is 2.87. The van der Waals surface area contributed by atoms with E-state index in [1.54, 1.807) is 11.9 Å². The molecule has 2 amide bonds. The van der Waals surface area contributed by atoms with Gasteiger partial charge in [-0.3, -0.25) is 0 Å². The van der Waals surface area contributed by atoms with Crippen molar-refractivity contribution >= 4 is 6.03 Å². The topological polar surface area (TPSA) is 58.4 Å². The zero-order chi connectivity index (χ0) is 10.6. The van der Waals surface area contributed by atoms with Crippen molar-refractivity contribution in [2.24, 2.45) is 11.7 Å². The maximum atomic E-state index is 11.0. The van der Waals surface area contributed by atoms with Crippen molar-refractivity contribution in [3.63, 3.8) is 0 Å². The number of primary amides is 1. The molecule has 3 N–H and O–H groups in total. The van der Waals surface area contributed by atoms with Crippen LogP contribution < -0.4 is 11.1 Å². The van der Waals surface area contributed by atoms with Gasteiger partial charge >= 0.3 is 6.03 Å². The van der Waals surface area contributed by atoms with E-state index in [1.807, 2.05) is 0 Å². The van der Waals surface area contributed by atoms with Gasteiger partial charge in [0.1, 0.15) is 0 Å². The third-order valence-electron chi connectivity index (χ3n) is 3.23. The van der Waals surface area contributed by atoms with Crippen LogP contribution in [0.5, 0.6) is 0 Å². The lowest BCUT2D eigenvalue weighted by Crippen LogP contribution is -2.45. The Morgan fingerprint density at radius 3 is 2.93 bits per heavy atom. The van der Waals surface area contributed by atoms with E-state index in [0.717, 1.165) is 13.1 Å². The predicted molar refractivity (Wildman–Crippen MR) is 57.0 cm³/mol. The average molecular weight is 199 g/mol. The Morgan fingerprint density at radius 2 is 2.29 bits per heavy atom. The standard InChI is InChI=1S/C10H21N3O/c1-8(13(2)10(11)14)9-5-3-4-6-12-7-9/h8-9,12H,3-7H2,1-2H3,(H2,11,14). The normalized spacial score (nSPS) is 25.1. The predicted octanol–water partition coefficient (Wildman–Crippen LogP) is 0.775. The first-order valence-electron chi connectivity index (χ1n) is 5.36. The Kier molecular flexibility index (Phi) is 4.20. The molecule has 4 nitrogen and oxygen atoms in total. The Balaban J connectivity index is 2.48. The van der Waals surface area contributed by atoms with Crippen molar-refractivity contribution in [3.8, 4) is 0 Å². The highest BCUT2D eigenvalue weighted by Gasteiger charge is 2.23. The molecule has 0 radical (unpaired) electrons. The van der Waals surface area contributed by atoms with Gasteiger partial charge in [-0.2, -0.15) is 0 Å². The monoisotopic (exact) mass is 199 g/mol. The van der Waals surface area contributed by atoms with Crippen molar-refractivity contribution in [1.29, 1.82) is 0 Å². The number of urea groups is 1. The Bertz CT molecular complexity index is 188. The molecular weight excluding hydrogens is 178 g/mol. The van der Waals surface area contributed by atoms with Crippen molar-refractivity contribution in [1.82, 2.24) is 10.2 Å². The van der Waals surface area contributed by atoms with Crippen LogP contribution in [0.1, 0.15) is 26.2 Å². The van der Waals surface area contributed by atoms with Crippen LogP contribution in [-0.4, -0.2) is 37.1 Å². The van der Waals surface area contributed by atoms with Crippen LogP contribution in [0, 0.1) is 5.92 Å². The summed E-state index contributed by atoms with van der Waals surface area (Å²) in [4.78, 5) is 12.6. The summed E-state index contributed by atoms with van der Waals surface area (Å²) in [6, 6.07) is -0.0974. The first-order chi connectivity index (χ1) is 6.63. The zero-order valence-electron chi connectivity index (χ0n) is 9.12. The minimum atomic E-state index is -0.332. The summed E-state index contributed by atoms with van der Waals surface area (Å²) in [7, 11) is 1.78. The molecule has 82 valence electrons. The number of carbonyl (C=O) groups excluding carboxylic acids is 1. The minimum Gasteiger partial charge on any atom is -0.351 e. The molecular formula is C10H21N3O. The lowest BCUT2D eigenvalue weighted by atomic mass is 9.95. The number of rotatable bonds is 2. The second-order valence-electron chi connectivity index (χ2n) is 4.15. The van der Waals surface area contributed by atoms with Crippen molar-refractivity contribution < 1.29 is 4.79 Å². The van der Waals surface area contributed by atoms with Crippen LogP contribution in [0.2, 0.25) is 0 Å². The van der Waals surface area contributed by atoms with Crippen LogP contribution in [-0.2, 0) is 0 Å². The molecule has 1 fully saturated rings. The quantitative estimate of drug-likeness (QED) is 0.690. The van der Waals surface area contributed by atoms with E-state index >= 15 is 0 Å². The van der Waals surface area contributed by atoms with Gasteiger partial charge in [0.2, 0.25) is 0 Å². The summed E-state index contributed by atoms with van der Waals surface area (Å²) in [6.07, 6.45) is 3.67. The smallest absolute Gasteiger partial charge is 0.314 e. The number of hydrogen-bond donors (Lipinski definition) is 2. The Morgan fingerprint density at radius 1 is 1.57 bits per heavy atom. The third-order valence-corrected chi connectivity index (χ3v) is 3.23. The molecule has 0 aromatic heterocycles. The first kappa shape index (κ1) is 11.3. The van der Waals surface area contributed by atoms with Gasteiger partial charge < -0.3 is 16.0 Å². The van der Waals surface area contributed by atoms with Gasteiger partial charge in [0.25, 0.3) is 0 Å². The van der Waals surface area contributed by atoms with Gasteiger partial charge in [0, 0.05) is 13.1 Å². The van der Waals surface area contributed by atoms with Crippen LogP contribution in [0.15, 0.2) is 0 Å². The highest BCUT2D eigenvalue weighted by Crippen LogP contribution is 2.18. The molecule has 1 rings (SSSR count). The highest BCUT2D eigenvalue weighted by atomic mass is 16.2. The second kappa shape index (κ2) is 5.20. The number of nitrogens with zero attached hydrogens (tertiary/aromatic N) is 1. The summed E-state index contributed by atoms with van der Waals surface area (Å²) in [5, 5.41) is 3.39. The molecule has 0 aliphatic carbocycles. The maximum absolute atomic E-state index is 11.0. The average Bonchev–Trinajstić information content (AvgIpc) is 2.43. The number of hydrogen-bond acceptors (Lipinski definition) is 2. The van der Waals surface area contributed by atoms with E-state index < -0.39 is 0 Å². The van der Waals surface area contributed by atoms with Crippen LogP contribution in [0.4, 0.5) is 4.79 Å². The molecule has 1 aliphatic heterocycles. The van der Waals surface area contributed by atoms with E-state index in [-0.39, 0.29) is 12.1 Å². The molecule has 0 aromatic rings. The molecule has 0 spiro atoms. The van der Waals surface area contributed by atoms with Crippen molar-refractivity contribution in [3.05, 3.63) is 0 Å².